The maximum Gasteiger partial charge on any atom is 0.265 e. The smallest absolute Gasteiger partial charge is 0.265 e. The van der Waals surface area contributed by atoms with Crippen molar-refractivity contribution < 1.29 is 8.42 Å². The minimum atomic E-state index is -3.65. The first-order valence-corrected chi connectivity index (χ1v) is 8.69. The molecular formula is C17H17N3O2S. The Bertz CT molecular complexity index is 888. The number of aromatic nitrogens is 2. The minimum Gasteiger partial charge on any atom is -0.280 e. The van der Waals surface area contributed by atoms with E-state index in [1.807, 2.05) is 36.4 Å². The number of nitrogens with one attached hydrogen (secondary N) is 1. The Hall–Kier alpha value is -2.60. The number of benzene rings is 2. The van der Waals surface area contributed by atoms with Crippen LogP contribution >= 0.6 is 0 Å². The second-order valence-corrected chi connectivity index (χ2v) is 6.88. The quantitative estimate of drug-likeness (QED) is 0.783. The third kappa shape index (κ3) is 3.60. The van der Waals surface area contributed by atoms with Crippen molar-refractivity contribution in [3.05, 3.63) is 78.1 Å². The Morgan fingerprint density at radius 2 is 1.61 bits per heavy atom. The summed E-state index contributed by atoms with van der Waals surface area (Å²) in [5.74, 6) is 0. The van der Waals surface area contributed by atoms with E-state index >= 15 is 0 Å². The summed E-state index contributed by atoms with van der Waals surface area (Å²) in [6.07, 6.45) is 1.56. The van der Waals surface area contributed by atoms with Crippen LogP contribution in [0.25, 0.3) is 0 Å². The predicted molar refractivity (Wildman–Crippen MR) is 89.8 cm³/mol. The molecule has 0 fully saturated rings. The van der Waals surface area contributed by atoms with Gasteiger partial charge < -0.3 is 0 Å². The fraction of sp³-hybridized carbons (Fsp3) is 0.118. The predicted octanol–water partition coefficient (Wildman–Crippen LogP) is 3.04. The maximum absolute atomic E-state index is 12.5. The highest BCUT2D eigenvalue weighted by molar-refractivity contribution is 7.92. The van der Waals surface area contributed by atoms with Gasteiger partial charge in [0.25, 0.3) is 10.0 Å². The third-order valence-corrected chi connectivity index (χ3v) is 4.89. The standard InChI is InChI=1S/C17H17N3O2S/c1-14-17(23(21,22)19-16-10-6-3-7-11-16)13-20(18-14)12-15-8-4-2-5-9-15/h2-11,13,19H,12H2,1H3. The highest BCUT2D eigenvalue weighted by Crippen LogP contribution is 2.18. The summed E-state index contributed by atoms with van der Waals surface area (Å²) in [6.45, 7) is 2.23. The summed E-state index contributed by atoms with van der Waals surface area (Å²) in [5, 5.41) is 4.31. The molecule has 0 aliphatic rings. The molecule has 3 aromatic rings. The number of para-hydroxylation sites is 1. The van der Waals surface area contributed by atoms with Gasteiger partial charge in [0.2, 0.25) is 0 Å². The molecule has 0 unspecified atom stereocenters. The van der Waals surface area contributed by atoms with Crippen LogP contribution < -0.4 is 4.72 Å². The van der Waals surface area contributed by atoms with Crippen molar-refractivity contribution in [1.29, 1.82) is 0 Å². The van der Waals surface area contributed by atoms with E-state index in [9.17, 15) is 8.42 Å². The van der Waals surface area contributed by atoms with Gasteiger partial charge in [-0.25, -0.2) is 8.42 Å². The third-order valence-electron chi connectivity index (χ3n) is 3.40. The molecule has 1 heterocycles. The highest BCUT2D eigenvalue weighted by Gasteiger charge is 2.20. The zero-order chi connectivity index (χ0) is 16.3. The van der Waals surface area contributed by atoms with Crippen LogP contribution in [0.3, 0.4) is 0 Å². The summed E-state index contributed by atoms with van der Waals surface area (Å²) < 4.78 is 29.3. The molecule has 23 heavy (non-hydrogen) atoms. The van der Waals surface area contributed by atoms with Crippen molar-refractivity contribution in [2.45, 2.75) is 18.4 Å². The molecule has 6 heteroatoms. The van der Waals surface area contributed by atoms with Crippen molar-refractivity contribution in [1.82, 2.24) is 9.78 Å². The first-order chi connectivity index (χ1) is 11.0. The lowest BCUT2D eigenvalue weighted by atomic mass is 10.2. The normalized spacial score (nSPS) is 11.3. The fourth-order valence-electron chi connectivity index (χ4n) is 2.33. The first-order valence-electron chi connectivity index (χ1n) is 7.20. The molecule has 0 saturated carbocycles. The second-order valence-electron chi connectivity index (χ2n) is 5.23. The molecule has 0 spiro atoms. The SMILES string of the molecule is Cc1nn(Cc2ccccc2)cc1S(=O)(=O)Nc1ccccc1. The molecule has 0 amide bonds. The number of aryl methyl sites for hydroxylation is 1. The zero-order valence-corrected chi connectivity index (χ0v) is 13.5. The molecule has 3 rings (SSSR count). The van der Waals surface area contributed by atoms with Crippen molar-refractivity contribution in [2.24, 2.45) is 0 Å². The molecule has 118 valence electrons. The van der Waals surface area contributed by atoms with Crippen molar-refractivity contribution >= 4 is 15.7 Å². The Labute approximate surface area is 135 Å². The van der Waals surface area contributed by atoms with Gasteiger partial charge in [0, 0.05) is 11.9 Å². The summed E-state index contributed by atoms with van der Waals surface area (Å²) in [4.78, 5) is 0.192. The summed E-state index contributed by atoms with van der Waals surface area (Å²) in [7, 11) is -3.65. The average Bonchev–Trinajstić information content (AvgIpc) is 2.90. The van der Waals surface area contributed by atoms with E-state index < -0.39 is 10.0 Å². The second kappa shape index (κ2) is 6.26. The lowest BCUT2D eigenvalue weighted by Crippen LogP contribution is -2.13. The summed E-state index contributed by atoms with van der Waals surface area (Å²) >= 11 is 0. The largest absolute Gasteiger partial charge is 0.280 e. The average molecular weight is 327 g/mol. The van der Waals surface area contributed by atoms with Crippen molar-refractivity contribution in [3.63, 3.8) is 0 Å². The Morgan fingerprint density at radius 3 is 2.26 bits per heavy atom. The molecule has 5 nitrogen and oxygen atoms in total. The Kier molecular flexibility index (Phi) is 4.16. The summed E-state index contributed by atoms with van der Waals surface area (Å²) in [6, 6.07) is 18.6. The van der Waals surface area contributed by atoms with Crippen LogP contribution in [0, 0.1) is 6.92 Å². The van der Waals surface area contributed by atoms with Crippen LogP contribution in [0.4, 0.5) is 5.69 Å². The number of sulfonamides is 1. The van der Waals surface area contributed by atoms with Gasteiger partial charge in [-0.15, -0.1) is 0 Å². The molecule has 0 saturated heterocycles. The number of hydrogen-bond acceptors (Lipinski definition) is 3. The van der Waals surface area contributed by atoms with Gasteiger partial charge in [0.15, 0.2) is 0 Å². The van der Waals surface area contributed by atoms with Gasteiger partial charge in [-0.3, -0.25) is 9.40 Å². The van der Waals surface area contributed by atoms with E-state index in [0.29, 0.717) is 17.9 Å². The van der Waals surface area contributed by atoms with Crippen LogP contribution in [-0.4, -0.2) is 18.2 Å². The zero-order valence-electron chi connectivity index (χ0n) is 12.7. The van der Waals surface area contributed by atoms with Crippen LogP contribution in [0.1, 0.15) is 11.3 Å². The van der Waals surface area contributed by atoms with Gasteiger partial charge in [-0.05, 0) is 24.6 Å². The molecular weight excluding hydrogens is 310 g/mol. The van der Waals surface area contributed by atoms with Crippen molar-refractivity contribution in [2.75, 3.05) is 4.72 Å². The topological polar surface area (TPSA) is 64.0 Å². The van der Waals surface area contributed by atoms with E-state index in [0.717, 1.165) is 5.56 Å². The van der Waals surface area contributed by atoms with Crippen LogP contribution in [-0.2, 0) is 16.6 Å². The van der Waals surface area contributed by atoms with Crippen molar-refractivity contribution in [3.8, 4) is 0 Å². The van der Waals surface area contributed by atoms with Gasteiger partial charge >= 0.3 is 0 Å². The number of hydrogen-bond donors (Lipinski definition) is 1. The van der Waals surface area contributed by atoms with E-state index in [1.165, 1.54) is 0 Å². The fourth-order valence-corrected chi connectivity index (χ4v) is 3.58. The molecule has 2 aromatic carbocycles. The molecule has 0 atom stereocenters. The van der Waals surface area contributed by atoms with Gasteiger partial charge in [-0.1, -0.05) is 48.5 Å². The van der Waals surface area contributed by atoms with Gasteiger partial charge in [-0.2, -0.15) is 5.10 Å². The molecule has 1 aromatic heterocycles. The molecule has 0 aliphatic heterocycles. The number of rotatable bonds is 5. The lowest BCUT2D eigenvalue weighted by Gasteiger charge is -2.06. The minimum absolute atomic E-state index is 0.192. The first kappa shape index (κ1) is 15.3. The molecule has 1 N–H and O–H groups in total. The van der Waals surface area contributed by atoms with E-state index in [1.54, 1.807) is 42.1 Å². The molecule has 0 radical (unpaired) electrons. The summed E-state index contributed by atoms with van der Waals surface area (Å²) in [5.41, 5.74) is 2.07. The highest BCUT2D eigenvalue weighted by atomic mass is 32.2. The van der Waals surface area contributed by atoms with Crippen LogP contribution in [0.5, 0.6) is 0 Å². The molecule has 0 aliphatic carbocycles. The number of anilines is 1. The monoisotopic (exact) mass is 327 g/mol. The molecule has 0 bridgehead atoms. The van der Waals surface area contributed by atoms with Crippen LogP contribution in [0.15, 0.2) is 71.8 Å². The van der Waals surface area contributed by atoms with E-state index in [-0.39, 0.29) is 4.90 Å². The maximum atomic E-state index is 12.5. The van der Waals surface area contributed by atoms with Gasteiger partial charge in [0.05, 0.1) is 12.2 Å². The van der Waals surface area contributed by atoms with E-state index in [4.69, 9.17) is 0 Å². The van der Waals surface area contributed by atoms with Crippen LogP contribution in [0.2, 0.25) is 0 Å². The van der Waals surface area contributed by atoms with E-state index in [2.05, 4.69) is 9.82 Å². The Morgan fingerprint density at radius 1 is 1.00 bits per heavy atom. The Balaban J connectivity index is 1.85. The lowest BCUT2D eigenvalue weighted by molar-refractivity contribution is 0.600. The number of nitrogens with zero attached hydrogens (tertiary/aromatic N) is 2. The van der Waals surface area contributed by atoms with Gasteiger partial charge in [0.1, 0.15) is 4.90 Å².